The fourth-order valence-electron chi connectivity index (χ4n) is 2.35. The molecule has 4 nitrogen and oxygen atoms in total. The first kappa shape index (κ1) is 13.9. The molecular weight excluding hydrogens is 246 g/mol. The third-order valence-electron chi connectivity index (χ3n) is 3.35. The lowest BCUT2D eigenvalue weighted by Gasteiger charge is -2.12. The lowest BCUT2D eigenvalue weighted by Crippen LogP contribution is -2.17. The van der Waals surface area contributed by atoms with E-state index >= 15 is 0 Å². The minimum absolute atomic E-state index is 0.351. The Hall–Kier alpha value is -0.520. The van der Waals surface area contributed by atoms with Gasteiger partial charge in [-0.3, -0.25) is 0 Å². The highest BCUT2D eigenvalue weighted by Crippen LogP contribution is 2.34. The van der Waals surface area contributed by atoms with Gasteiger partial charge in [-0.05, 0) is 25.8 Å². The van der Waals surface area contributed by atoms with E-state index in [0.29, 0.717) is 12.0 Å². The normalized spacial score (nSPS) is 23.7. The fraction of sp³-hybridized carbons (Fsp3) is 0.846. The zero-order chi connectivity index (χ0) is 12.8. The number of aromatic nitrogens is 2. The van der Waals surface area contributed by atoms with Crippen molar-refractivity contribution in [3.8, 4) is 0 Å². The molecule has 1 aromatic heterocycles. The van der Waals surface area contributed by atoms with Crippen LogP contribution >= 0.6 is 11.3 Å². The van der Waals surface area contributed by atoms with Gasteiger partial charge in [0.25, 0.3) is 0 Å². The summed E-state index contributed by atoms with van der Waals surface area (Å²) in [6.07, 6.45) is 4.68. The number of hydrogen-bond acceptors (Lipinski definition) is 5. The zero-order valence-corrected chi connectivity index (χ0v) is 12.1. The van der Waals surface area contributed by atoms with E-state index in [4.69, 9.17) is 4.74 Å². The third-order valence-corrected chi connectivity index (χ3v) is 4.47. The number of rotatable bonds is 7. The minimum Gasteiger partial charge on any atom is -0.377 e. The Morgan fingerprint density at radius 1 is 1.33 bits per heavy atom. The number of hydrogen-bond donors (Lipinski definition) is 1. The summed E-state index contributed by atoms with van der Waals surface area (Å²) < 4.78 is 5.72. The van der Waals surface area contributed by atoms with Crippen LogP contribution in [0.25, 0.3) is 0 Å². The molecule has 1 N–H and O–H groups in total. The Balaban J connectivity index is 1.85. The lowest BCUT2D eigenvalue weighted by atomic mass is 10.0. The third kappa shape index (κ3) is 3.49. The van der Waals surface area contributed by atoms with Crippen LogP contribution in [-0.4, -0.2) is 36.0 Å². The van der Waals surface area contributed by atoms with Crippen LogP contribution in [-0.2, 0) is 11.2 Å². The Bertz CT molecular complexity index is 356. The van der Waals surface area contributed by atoms with Crippen LogP contribution in [0.4, 0.5) is 0 Å². The van der Waals surface area contributed by atoms with Crippen LogP contribution in [0, 0.1) is 0 Å². The molecule has 0 aromatic carbocycles. The molecule has 1 aliphatic heterocycles. The lowest BCUT2D eigenvalue weighted by molar-refractivity contribution is 0.100. The van der Waals surface area contributed by atoms with Crippen molar-refractivity contribution >= 4 is 11.3 Å². The molecule has 0 bridgehead atoms. The minimum atomic E-state index is 0.351. The van der Waals surface area contributed by atoms with E-state index in [1.54, 1.807) is 11.3 Å². The molecule has 5 heteroatoms. The average molecular weight is 269 g/mol. The maximum atomic E-state index is 5.72. The van der Waals surface area contributed by atoms with E-state index in [1.165, 1.54) is 11.4 Å². The van der Waals surface area contributed by atoms with E-state index in [0.717, 1.165) is 44.0 Å². The molecule has 1 aliphatic rings. The summed E-state index contributed by atoms with van der Waals surface area (Å²) in [7, 11) is 0. The summed E-state index contributed by atoms with van der Waals surface area (Å²) in [5.74, 6) is 0.477. The first-order chi connectivity index (χ1) is 8.85. The molecule has 2 atom stereocenters. The SMILES string of the molecule is CCCNCCc1nnc(C2CCOC2CC)s1. The monoisotopic (exact) mass is 269 g/mol. The Morgan fingerprint density at radius 2 is 2.22 bits per heavy atom. The average Bonchev–Trinajstić information content (AvgIpc) is 3.02. The van der Waals surface area contributed by atoms with Crippen LogP contribution in [0.5, 0.6) is 0 Å². The highest BCUT2D eigenvalue weighted by atomic mass is 32.1. The molecule has 2 unspecified atom stereocenters. The van der Waals surface area contributed by atoms with Crippen molar-refractivity contribution in [3.63, 3.8) is 0 Å². The number of ether oxygens (including phenoxy) is 1. The number of nitrogens with one attached hydrogen (secondary N) is 1. The summed E-state index contributed by atoms with van der Waals surface area (Å²) in [6, 6.07) is 0. The van der Waals surface area contributed by atoms with Crippen molar-refractivity contribution in [1.82, 2.24) is 15.5 Å². The Morgan fingerprint density at radius 3 is 3.00 bits per heavy atom. The van der Waals surface area contributed by atoms with Gasteiger partial charge >= 0.3 is 0 Å². The fourth-order valence-corrected chi connectivity index (χ4v) is 3.38. The molecule has 0 aliphatic carbocycles. The van der Waals surface area contributed by atoms with E-state index in [-0.39, 0.29) is 0 Å². The van der Waals surface area contributed by atoms with Crippen LogP contribution in [0.15, 0.2) is 0 Å². The van der Waals surface area contributed by atoms with Crippen molar-refractivity contribution in [2.45, 2.75) is 51.6 Å². The molecule has 2 heterocycles. The second kappa shape index (κ2) is 7.16. The summed E-state index contributed by atoms with van der Waals surface area (Å²) in [6.45, 7) is 7.32. The van der Waals surface area contributed by atoms with Crippen molar-refractivity contribution in [2.24, 2.45) is 0 Å². The second-order valence-electron chi connectivity index (χ2n) is 4.75. The maximum Gasteiger partial charge on any atom is 0.123 e. The maximum absolute atomic E-state index is 5.72. The predicted molar refractivity (Wildman–Crippen MR) is 74.2 cm³/mol. The van der Waals surface area contributed by atoms with E-state index in [1.807, 2.05) is 0 Å². The Labute approximate surface area is 113 Å². The molecular formula is C13H23N3OS. The summed E-state index contributed by atoms with van der Waals surface area (Å²) in [5, 5.41) is 14.4. The van der Waals surface area contributed by atoms with Gasteiger partial charge < -0.3 is 10.1 Å². The molecule has 1 fully saturated rings. The first-order valence-electron chi connectivity index (χ1n) is 6.99. The molecule has 1 saturated heterocycles. The molecule has 0 saturated carbocycles. The van der Waals surface area contributed by atoms with Crippen molar-refractivity contribution < 1.29 is 4.74 Å². The van der Waals surface area contributed by atoms with Gasteiger partial charge in [-0.1, -0.05) is 13.8 Å². The van der Waals surface area contributed by atoms with Crippen LogP contribution in [0.1, 0.15) is 49.0 Å². The van der Waals surface area contributed by atoms with E-state index < -0.39 is 0 Å². The molecule has 2 rings (SSSR count). The Kier molecular flexibility index (Phi) is 5.53. The van der Waals surface area contributed by atoms with E-state index in [2.05, 4.69) is 29.4 Å². The first-order valence-corrected chi connectivity index (χ1v) is 7.81. The van der Waals surface area contributed by atoms with Gasteiger partial charge in [-0.25, -0.2) is 0 Å². The molecule has 102 valence electrons. The quantitative estimate of drug-likeness (QED) is 0.772. The molecule has 0 radical (unpaired) electrons. The zero-order valence-electron chi connectivity index (χ0n) is 11.3. The highest BCUT2D eigenvalue weighted by molar-refractivity contribution is 7.11. The van der Waals surface area contributed by atoms with Crippen LogP contribution in [0.2, 0.25) is 0 Å². The summed E-state index contributed by atoms with van der Waals surface area (Å²) >= 11 is 1.77. The standard InChI is InChI=1S/C13H23N3OS/c1-3-7-14-8-5-12-15-16-13(18-12)10-6-9-17-11(10)4-2/h10-11,14H,3-9H2,1-2H3. The van der Waals surface area contributed by atoms with Crippen molar-refractivity contribution in [3.05, 3.63) is 10.0 Å². The summed E-state index contributed by atoms with van der Waals surface area (Å²) in [4.78, 5) is 0. The van der Waals surface area contributed by atoms with Crippen molar-refractivity contribution in [2.75, 3.05) is 19.7 Å². The molecule has 0 spiro atoms. The van der Waals surface area contributed by atoms with Crippen LogP contribution < -0.4 is 5.32 Å². The largest absolute Gasteiger partial charge is 0.377 e. The number of nitrogens with zero attached hydrogens (tertiary/aromatic N) is 2. The van der Waals surface area contributed by atoms with Gasteiger partial charge in [0.2, 0.25) is 0 Å². The van der Waals surface area contributed by atoms with Gasteiger partial charge in [0, 0.05) is 25.5 Å². The molecule has 0 amide bonds. The van der Waals surface area contributed by atoms with E-state index in [9.17, 15) is 0 Å². The van der Waals surface area contributed by atoms with Gasteiger partial charge in [0.1, 0.15) is 10.0 Å². The topological polar surface area (TPSA) is 47.0 Å². The van der Waals surface area contributed by atoms with Crippen LogP contribution in [0.3, 0.4) is 0 Å². The molecule has 1 aromatic rings. The predicted octanol–water partition coefficient (Wildman–Crippen LogP) is 2.36. The van der Waals surface area contributed by atoms with Gasteiger partial charge in [0.15, 0.2) is 0 Å². The summed E-state index contributed by atoms with van der Waals surface area (Å²) in [5.41, 5.74) is 0. The van der Waals surface area contributed by atoms with Gasteiger partial charge in [-0.15, -0.1) is 21.5 Å². The van der Waals surface area contributed by atoms with Crippen molar-refractivity contribution in [1.29, 1.82) is 0 Å². The van der Waals surface area contributed by atoms with Gasteiger partial charge in [0.05, 0.1) is 6.10 Å². The smallest absolute Gasteiger partial charge is 0.123 e. The highest BCUT2D eigenvalue weighted by Gasteiger charge is 2.30. The van der Waals surface area contributed by atoms with Gasteiger partial charge in [-0.2, -0.15) is 0 Å². The molecule has 18 heavy (non-hydrogen) atoms. The second-order valence-corrected chi connectivity index (χ2v) is 5.84.